The van der Waals surface area contributed by atoms with Crippen molar-refractivity contribution in [3.8, 4) is 0 Å². The van der Waals surface area contributed by atoms with Gasteiger partial charge in [-0.2, -0.15) is 17.1 Å². The number of aromatic nitrogens is 3. The lowest BCUT2D eigenvalue weighted by atomic mass is 10.5. The van der Waals surface area contributed by atoms with Gasteiger partial charge < -0.3 is 4.51 Å². The molecule has 0 aliphatic rings. The maximum atomic E-state index is 4.21. The number of aryl methyl sites for hydroxylation is 1. The van der Waals surface area contributed by atoms with E-state index in [9.17, 15) is 0 Å². The second-order valence-corrected chi connectivity index (χ2v) is 6.01. The molecule has 0 aromatic carbocycles. The Bertz CT molecular complexity index is 184. The molecule has 2 atom stereocenters. The summed E-state index contributed by atoms with van der Waals surface area (Å²) in [6.45, 7) is 1.12. The number of rotatable bonds is 3. The zero-order valence-corrected chi connectivity index (χ0v) is 9.20. The Morgan fingerprint density at radius 1 is 1.70 bits per heavy atom. The number of nitrogens with one attached hydrogen (secondary N) is 1. The van der Waals surface area contributed by atoms with E-state index < -0.39 is 0 Å². The van der Waals surface area contributed by atoms with Crippen LogP contribution in [0.3, 0.4) is 0 Å². The Morgan fingerprint density at radius 2 is 2.60 bits per heavy atom. The fourth-order valence-electron chi connectivity index (χ4n) is 0.534. The lowest BCUT2D eigenvalue weighted by Crippen LogP contribution is -1.89. The fourth-order valence-corrected chi connectivity index (χ4v) is 4.18. The van der Waals surface area contributed by atoms with Crippen molar-refractivity contribution in [2.24, 2.45) is 0 Å². The van der Waals surface area contributed by atoms with E-state index in [0.29, 0.717) is 8.51 Å². The van der Waals surface area contributed by atoms with E-state index in [1.165, 1.54) is 0 Å². The number of nitrogens with zero attached hydrogens (tertiary/aromatic N) is 2. The van der Waals surface area contributed by atoms with Crippen molar-refractivity contribution in [3.05, 3.63) is 0 Å². The largest absolute Gasteiger partial charge is 0.313 e. The molecule has 3 nitrogen and oxygen atoms in total. The minimum absolute atomic E-state index is 0.607. The molecule has 58 valence electrons. The normalized spacial score (nSPS) is 12.1. The lowest BCUT2D eigenvalue weighted by Gasteiger charge is -2.00. The van der Waals surface area contributed by atoms with E-state index in [2.05, 4.69) is 25.7 Å². The summed E-state index contributed by atoms with van der Waals surface area (Å²) in [6.07, 6.45) is 1.16. The van der Waals surface area contributed by atoms with Crippen LogP contribution in [0.1, 0.15) is 6.42 Å². The minimum Gasteiger partial charge on any atom is -0.313 e. The summed E-state index contributed by atoms with van der Waals surface area (Å²) < 4.78 is 9.72. The molecular weight excluding hydrogens is 203 g/mol. The average Bonchev–Trinajstić information content (AvgIpc) is 2.03. The molecule has 10 heavy (non-hydrogen) atoms. The minimum atomic E-state index is 0.607. The summed E-state index contributed by atoms with van der Waals surface area (Å²) in [4.78, 5) is 0. The number of H-pyrrole nitrogens is 1. The van der Waals surface area contributed by atoms with Gasteiger partial charge in [0.25, 0.3) is 0 Å². The molecule has 0 bridgehead atoms. The SMILES string of the molecule is SCCCn1pn[pH][nH][pH]1. The van der Waals surface area contributed by atoms with Crippen LogP contribution in [-0.2, 0) is 6.54 Å². The maximum Gasteiger partial charge on any atom is 0.141 e. The van der Waals surface area contributed by atoms with Crippen LogP contribution in [0.25, 0.3) is 0 Å². The summed E-state index contributed by atoms with van der Waals surface area (Å²) in [6, 6.07) is 0. The van der Waals surface area contributed by atoms with Crippen LogP contribution < -0.4 is 0 Å². The number of hydrogen-bond acceptors (Lipinski definition) is 2. The molecule has 0 saturated carbocycles. The van der Waals surface area contributed by atoms with Gasteiger partial charge in [-0.05, 0) is 12.2 Å². The second-order valence-electron chi connectivity index (χ2n) is 1.74. The zero-order chi connectivity index (χ0) is 7.23. The highest BCUT2D eigenvalue weighted by atomic mass is 32.1. The Balaban J connectivity index is 2.43. The van der Waals surface area contributed by atoms with E-state index >= 15 is 0 Å². The highest BCUT2D eigenvalue weighted by Gasteiger charge is 1.85. The molecule has 1 rings (SSSR count). The monoisotopic (exact) mass is 213 g/mol. The van der Waals surface area contributed by atoms with Crippen molar-refractivity contribution in [1.82, 2.24) is 13.1 Å². The summed E-state index contributed by atoms with van der Waals surface area (Å²) in [5.74, 6) is 0.971. The second kappa shape index (κ2) is 5.32. The molecule has 1 N–H and O–H groups in total. The van der Waals surface area contributed by atoms with Gasteiger partial charge in [-0.25, -0.2) is 0 Å². The van der Waals surface area contributed by atoms with Gasteiger partial charge in [-0.1, -0.05) is 0 Å². The van der Waals surface area contributed by atoms with Gasteiger partial charge in [0.2, 0.25) is 0 Å². The summed E-state index contributed by atoms with van der Waals surface area (Å²) >= 11 is 4.14. The van der Waals surface area contributed by atoms with E-state index in [-0.39, 0.29) is 0 Å². The lowest BCUT2D eigenvalue weighted by molar-refractivity contribution is 0.785. The zero-order valence-electron chi connectivity index (χ0n) is 5.41. The third kappa shape index (κ3) is 3.16. The first kappa shape index (κ1) is 8.74. The van der Waals surface area contributed by atoms with Crippen molar-refractivity contribution in [1.29, 1.82) is 0 Å². The first-order valence-electron chi connectivity index (χ1n) is 2.98. The fraction of sp³-hybridized carbons (Fsp3) is 1.00. The van der Waals surface area contributed by atoms with Gasteiger partial charge in [0.05, 0.1) is 0 Å². The molecule has 0 spiro atoms. The number of aromatic amines is 1. The van der Waals surface area contributed by atoms with Crippen molar-refractivity contribution in [3.63, 3.8) is 0 Å². The Labute approximate surface area is 70.4 Å². The first-order chi connectivity index (χ1) is 4.93. The van der Waals surface area contributed by atoms with Crippen LogP contribution in [0.2, 0.25) is 0 Å². The highest BCUT2D eigenvalue weighted by Crippen LogP contribution is 2.12. The van der Waals surface area contributed by atoms with E-state index in [4.69, 9.17) is 0 Å². The standard InChI is InChI=1S/C3H10N3P3S/c10-3-1-2-6-8-4-7-5-9-6/h4,7-8,10H,1-3H2. The molecule has 0 amide bonds. The Hall–Kier alpha value is 0.650. The van der Waals surface area contributed by atoms with Crippen molar-refractivity contribution in [2.75, 3.05) is 5.75 Å². The molecule has 1 aromatic heterocycles. The number of thiol groups is 1. The number of hydrogen-bond donors (Lipinski definition) is 2. The Morgan fingerprint density at radius 3 is 3.20 bits per heavy atom. The summed E-state index contributed by atoms with van der Waals surface area (Å²) in [7, 11) is 2.50. The van der Waals surface area contributed by atoms with Crippen LogP contribution in [0, 0.1) is 0 Å². The summed E-state index contributed by atoms with van der Waals surface area (Å²) in [5.41, 5.74) is 0. The van der Waals surface area contributed by atoms with Crippen LogP contribution in [-0.4, -0.2) is 18.9 Å². The van der Waals surface area contributed by atoms with Crippen LogP contribution >= 0.6 is 38.2 Å². The molecule has 0 saturated heterocycles. The van der Waals surface area contributed by atoms with Gasteiger partial charge >= 0.3 is 0 Å². The van der Waals surface area contributed by atoms with Crippen molar-refractivity contribution in [2.45, 2.75) is 13.0 Å². The van der Waals surface area contributed by atoms with Crippen molar-refractivity contribution < 1.29 is 0 Å². The van der Waals surface area contributed by atoms with Gasteiger partial charge in [-0.15, -0.1) is 0 Å². The maximum absolute atomic E-state index is 4.21. The third-order valence-corrected chi connectivity index (χ3v) is 4.41. The van der Waals surface area contributed by atoms with Gasteiger partial charge in [0.15, 0.2) is 0 Å². The smallest absolute Gasteiger partial charge is 0.141 e. The highest BCUT2D eigenvalue weighted by molar-refractivity contribution is 7.80. The molecule has 0 fully saturated rings. The molecule has 0 radical (unpaired) electrons. The van der Waals surface area contributed by atoms with E-state index in [1.54, 1.807) is 0 Å². The van der Waals surface area contributed by atoms with Gasteiger partial charge in [0, 0.05) is 23.6 Å². The topological polar surface area (TPSA) is 33.6 Å². The van der Waals surface area contributed by atoms with E-state index in [0.717, 1.165) is 35.7 Å². The quantitative estimate of drug-likeness (QED) is 0.742. The predicted octanol–water partition coefficient (Wildman–Crippen LogP) is 2.30. The predicted molar refractivity (Wildman–Crippen MR) is 54.2 cm³/mol. The summed E-state index contributed by atoms with van der Waals surface area (Å²) in [5, 5.41) is 0. The van der Waals surface area contributed by atoms with E-state index in [1.807, 2.05) is 0 Å². The van der Waals surface area contributed by atoms with Crippen LogP contribution in [0.15, 0.2) is 0 Å². The first-order valence-corrected chi connectivity index (χ1v) is 6.31. The Kier molecular flexibility index (Phi) is 4.65. The van der Waals surface area contributed by atoms with Crippen LogP contribution in [0.4, 0.5) is 0 Å². The average molecular weight is 213 g/mol. The van der Waals surface area contributed by atoms with Gasteiger partial charge in [0.1, 0.15) is 8.51 Å². The van der Waals surface area contributed by atoms with Crippen LogP contribution in [0.5, 0.6) is 0 Å². The van der Waals surface area contributed by atoms with Gasteiger partial charge in [-0.3, -0.25) is 4.09 Å². The molecule has 2 unspecified atom stereocenters. The third-order valence-electron chi connectivity index (χ3n) is 0.972. The molecule has 0 aliphatic heterocycles. The molecule has 1 aromatic rings. The molecule has 0 aliphatic carbocycles. The molecule has 1 heterocycles. The molecular formula is C3H10N3P3S. The molecule has 7 heteroatoms. The van der Waals surface area contributed by atoms with Crippen molar-refractivity contribution >= 4 is 38.2 Å².